The summed E-state index contributed by atoms with van der Waals surface area (Å²) in [5.41, 5.74) is 1.32. The Morgan fingerprint density at radius 1 is 1.12 bits per heavy atom. The van der Waals surface area contributed by atoms with Crippen LogP contribution >= 0.6 is 0 Å². The first kappa shape index (κ1) is 16.7. The molecule has 0 radical (unpaired) electrons. The van der Waals surface area contributed by atoms with Crippen LogP contribution in [0.1, 0.15) is 11.1 Å². The molecule has 0 aliphatic heterocycles. The van der Waals surface area contributed by atoms with Crippen molar-refractivity contribution < 1.29 is 4.74 Å². The number of nitrogens with zero attached hydrogens (tertiary/aromatic N) is 3. The van der Waals surface area contributed by atoms with Gasteiger partial charge in [-0.2, -0.15) is 10.5 Å². The Hall–Kier alpha value is -4.10. The fourth-order valence-corrected chi connectivity index (χ4v) is 2.40. The van der Waals surface area contributed by atoms with Crippen molar-refractivity contribution in [3.8, 4) is 29.1 Å². The van der Waals surface area contributed by atoms with Crippen molar-refractivity contribution in [1.82, 2.24) is 9.97 Å². The maximum atomic E-state index is 12.3. The summed E-state index contributed by atoms with van der Waals surface area (Å²) < 4.78 is 5.12. The highest BCUT2D eigenvalue weighted by molar-refractivity contribution is 5.68. The predicted octanol–water partition coefficient (Wildman–Crippen LogP) is 2.93. The molecule has 2 aromatic carbocycles. The number of hydrogen-bond donors (Lipinski definition) is 2. The van der Waals surface area contributed by atoms with E-state index >= 15 is 0 Å². The average molecular weight is 343 g/mol. The molecule has 26 heavy (non-hydrogen) atoms. The molecule has 2 N–H and O–H groups in total. The molecule has 0 unspecified atom stereocenters. The van der Waals surface area contributed by atoms with Crippen molar-refractivity contribution in [2.75, 3.05) is 12.4 Å². The van der Waals surface area contributed by atoms with Gasteiger partial charge in [0.15, 0.2) is 0 Å². The second kappa shape index (κ2) is 7.20. The second-order valence-electron chi connectivity index (χ2n) is 5.30. The highest BCUT2D eigenvalue weighted by Crippen LogP contribution is 2.24. The number of H-pyrrole nitrogens is 1. The Labute approximate surface area is 149 Å². The number of ether oxygens (including phenoxy) is 1. The van der Waals surface area contributed by atoms with Gasteiger partial charge in [-0.1, -0.05) is 6.07 Å². The van der Waals surface area contributed by atoms with E-state index in [1.807, 2.05) is 12.1 Å². The Balaban J connectivity index is 2.05. The number of nitrogens with one attached hydrogen (secondary N) is 2. The van der Waals surface area contributed by atoms with Gasteiger partial charge < -0.3 is 10.1 Å². The molecule has 0 aliphatic carbocycles. The van der Waals surface area contributed by atoms with Gasteiger partial charge in [-0.25, -0.2) is 4.98 Å². The van der Waals surface area contributed by atoms with Gasteiger partial charge in [-0.3, -0.25) is 9.78 Å². The summed E-state index contributed by atoms with van der Waals surface area (Å²) in [6.07, 6.45) is 0. The second-order valence-corrected chi connectivity index (χ2v) is 5.30. The van der Waals surface area contributed by atoms with Crippen molar-refractivity contribution in [2.45, 2.75) is 0 Å². The third-order valence-electron chi connectivity index (χ3n) is 3.65. The van der Waals surface area contributed by atoms with Crippen molar-refractivity contribution in [3.63, 3.8) is 0 Å². The van der Waals surface area contributed by atoms with Crippen LogP contribution in [0.4, 0.5) is 11.6 Å². The van der Waals surface area contributed by atoms with E-state index in [4.69, 9.17) is 10.00 Å². The van der Waals surface area contributed by atoms with Crippen LogP contribution in [0.15, 0.2) is 53.3 Å². The van der Waals surface area contributed by atoms with Crippen molar-refractivity contribution in [3.05, 3.63) is 70.0 Å². The van der Waals surface area contributed by atoms with E-state index in [9.17, 15) is 10.1 Å². The maximum Gasteiger partial charge on any atom is 0.270 e. The normalized spacial score (nSPS) is 9.81. The lowest BCUT2D eigenvalue weighted by Gasteiger charge is -2.09. The molecule has 0 spiro atoms. The number of aromatic nitrogens is 2. The number of anilines is 2. The predicted molar refractivity (Wildman–Crippen MR) is 96.0 cm³/mol. The van der Waals surface area contributed by atoms with Crippen LogP contribution in [-0.2, 0) is 0 Å². The third kappa shape index (κ3) is 3.37. The molecule has 0 atom stereocenters. The van der Waals surface area contributed by atoms with Crippen LogP contribution in [-0.4, -0.2) is 17.1 Å². The van der Waals surface area contributed by atoms with Gasteiger partial charge in [0.05, 0.1) is 24.4 Å². The number of rotatable bonds is 4. The molecule has 0 bridgehead atoms. The summed E-state index contributed by atoms with van der Waals surface area (Å²) in [6.45, 7) is 0. The molecule has 3 rings (SSSR count). The zero-order valence-corrected chi connectivity index (χ0v) is 13.8. The lowest BCUT2D eigenvalue weighted by atomic mass is 10.1. The summed E-state index contributed by atoms with van der Waals surface area (Å²) in [7, 11) is 1.55. The molecule has 0 aliphatic rings. The van der Waals surface area contributed by atoms with E-state index in [0.29, 0.717) is 22.6 Å². The number of aromatic amines is 1. The van der Waals surface area contributed by atoms with E-state index in [2.05, 4.69) is 15.3 Å². The molecule has 0 fully saturated rings. The largest absolute Gasteiger partial charge is 0.497 e. The van der Waals surface area contributed by atoms with Crippen molar-refractivity contribution in [1.29, 1.82) is 10.5 Å². The lowest BCUT2D eigenvalue weighted by molar-refractivity contribution is 0.415. The third-order valence-corrected chi connectivity index (χ3v) is 3.65. The average Bonchev–Trinajstić information content (AvgIpc) is 2.68. The molecular formula is C19H13N5O2. The molecule has 3 aromatic rings. The maximum absolute atomic E-state index is 12.3. The molecular weight excluding hydrogens is 330 g/mol. The quantitative estimate of drug-likeness (QED) is 0.752. The van der Waals surface area contributed by atoms with E-state index in [-0.39, 0.29) is 17.2 Å². The van der Waals surface area contributed by atoms with Gasteiger partial charge in [0.1, 0.15) is 17.4 Å². The van der Waals surface area contributed by atoms with Crippen molar-refractivity contribution >= 4 is 11.6 Å². The fraction of sp³-hybridized carbons (Fsp3) is 0.0526. The fourth-order valence-electron chi connectivity index (χ4n) is 2.40. The summed E-state index contributed by atoms with van der Waals surface area (Å²) in [5.74, 6) is 0.832. The Bertz CT molecular complexity index is 1090. The minimum absolute atomic E-state index is 0.0773. The monoisotopic (exact) mass is 343 g/mol. The first-order valence-electron chi connectivity index (χ1n) is 7.60. The Kier molecular flexibility index (Phi) is 4.64. The zero-order valence-electron chi connectivity index (χ0n) is 13.8. The molecule has 0 saturated heterocycles. The van der Waals surface area contributed by atoms with Gasteiger partial charge >= 0.3 is 0 Å². The van der Waals surface area contributed by atoms with E-state index in [1.54, 1.807) is 55.6 Å². The lowest BCUT2D eigenvalue weighted by Crippen LogP contribution is -2.16. The molecule has 7 heteroatoms. The highest BCUT2D eigenvalue weighted by atomic mass is 16.5. The SMILES string of the molecule is COc1ccc(-c2nc(Nc3cccc(C#N)c3)[nH]c(=O)c2C#N)cc1. The molecule has 1 aromatic heterocycles. The minimum Gasteiger partial charge on any atom is -0.497 e. The van der Waals surface area contributed by atoms with Crippen molar-refractivity contribution in [2.24, 2.45) is 0 Å². The Morgan fingerprint density at radius 2 is 1.88 bits per heavy atom. The molecule has 0 saturated carbocycles. The summed E-state index contributed by atoms with van der Waals surface area (Å²) in [5, 5.41) is 21.2. The van der Waals surface area contributed by atoms with Gasteiger partial charge in [0, 0.05) is 11.3 Å². The zero-order chi connectivity index (χ0) is 18.5. The van der Waals surface area contributed by atoms with Crippen LogP contribution < -0.4 is 15.6 Å². The summed E-state index contributed by atoms with van der Waals surface area (Å²) in [6, 6.07) is 17.6. The summed E-state index contributed by atoms with van der Waals surface area (Å²) in [4.78, 5) is 19.2. The van der Waals surface area contributed by atoms with Crippen LogP contribution in [0, 0.1) is 22.7 Å². The van der Waals surface area contributed by atoms with Gasteiger partial charge in [0.25, 0.3) is 5.56 Å². The number of benzene rings is 2. The molecule has 1 heterocycles. The number of nitriles is 2. The minimum atomic E-state index is -0.549. The van der Waals surface area contributed by atoms with E-state index in [1.165, 1.54) is 0 Å². The van der Waals surface area contributed by atoms with E-state index in [0.717, 1.165) is 0 Å². The van der Waals surface area contributed by atoms with Crippen LogP contribution in [0.5, 0.6) is 5.75 Å². The van der Waals surface area contributed by atoms with Gasteiger partial charge in [-0.05, 0) is 42.5 Å². The smallest absolute Gasteiger partial charge is 0.270 e. The number of methoxy groups -OCH3 is 1. The first-order valence-corrected chi connectivity index (χ1v) is 7.60. The topological polar surface area (TPSA) is 115 Å². The highest BCUT2D eigenvalue weighted by Gasteiger charge is 2.13. The van der Waals surface area contributed by atoms with E-state index < -0.39 is 5.56 Å². The van der Waals surface area contributed by atoms with Crippen LogP contribution in [0.3, 0.4) is 0 Å². The molecule has 0 amide bonds. The van der Waals surface area contributed by atoms with Gasteiger partial charge in [-0.15, -0.1) is 0 Å². The number of hydrogen-bond acceptors (Lipinski definition) is 6. The van der Waals surface area contributed by atoms with Crippen LogP contribution in [0.2, 0.25) is 0 Å². The van der Waals surface area contributed by atoms with Crippen LogP contribution in [0.25, 0.3) is 11.3 Å². The first-order chi connectivity index (χ1) is 12.6. The molecule has 7 nitrogen and oxygen atoms in total. The Morgan fingerprint density at radius 3 is 2.54 bits per heavy atom. The summed E-state index contributed by atoms with van der Waals surface area (Å²) >= 11 is 0. The standard InChI is InChI=1S/C19H13N5O2/c1-26-15-7-5-13(6-8-15)17-16(11-21)18(25)24-19(23-17)22-14-4-2-3-12(9-14)10-20/h2-9H,1H3,(H2,22,23,24,25). The molecule has 126 valence electrons. The van der Waals surface area contributed by atoms with Gasteiger partial charge in [0.2, 0.25) is 5.95 Å².